The first-order chi connectivity index (χ1) is 9.95. The van der Waals surface area contributed by atoms with Gasteiger partial charge in [0.2, 0.25) is 5.91 Å². The van der Waals surface area contributed by atoms with Crippen molar-refractivity contribution < 1.29 is 4.79 Å². The lowest BCUT2D eigenvalue weighted by molar-refractivity contribution is -0.119. The van der Waals surface area contributed by atoms with E-state index in [-0.39, 0.29) is 11.9 Å². The fourth-order valence-electron chi connectivity index (χ4n) is 2.18. The molecule has 2 rings (SSSR count). The molecule has 21 heavy (non-hydrogen) atoms. The molecular weight excluding hydrogens is 282 g/mol. The van der Waals surface area contributed by atoms with E-state index in [2.05, 4.69) is 42.3 Å². The van der Waals surface area contributed by atoms with Gasteiger partial charge in [-0.1, -0.05) is 17.8 Å². The maximum absolute atomic E-state index is 11.7. The molecule has 0 aliphatic rings. The number of aromatic nitrogens is 2. The molecule has 5 heteroatoms. The van der Waals surface area contributed by atoms with Gasteiger partial charge in [0.1, 0.15) is 0 Å². The van der Waals surface area contributed by atoms with Crippen molar-refractivity contribution in [3.05, 3.63) is 41.7 Å². The lowest BCUT2D eigenvalue weighted by atomic mass is 10.1. The van der Waals surface area contributed by atoms with Crippen molar-refractivity contribution in [2.45, 2.75) is 38.9 Å². The van der Waals surface area contributed by atoms with E-state index in [0.717, 1.165) is 10.8 Å². The van der Waals surface area contributed by atoms with Crippen molar-refractivity contribution in [1.29, 1.82) is 0 Å². The highest BCUT2D eigenvalue weighted by Crippen LogP contribution is 2.22. The zero-order chi connectivity index (χ0) is 15.4. The third-order valence-electron chi connectivity index (χ3n) is 2.87. The fourth-order valence-corrected chi connectivity index (χ4v) is 2.96. The van der Waals surface area contributed by atoms with Gasteiger partial charge in [-0.05, 0) is 51.0 Å². The van der Waals surface area contributed by atoms with Crippen molar-refractivity contribution in [3.8, 4) is 5.69 Å². The molecule has 1 N–H and O–H groups in total. The van der Waals surface area contributed by atoms with E-state index in [0.29, 0.717) is 5.75 Å². The van der Waals surface area contributed by atoms with Crippen molar-refractivity contribution in [2.24, 2.45) is 0 Å². The Morgan fingerprint density at radius 1 is 1.29 bits per heavy atom. The Balaban J connectivity index is 2.13. The third-order valence-corrected chi connectivity index (χ3v) is 3.84. The second kappa shape index (κ2) is 6.80. The second-order valence-corrected chi connectivity index (χ2v) is 6.38. The Hall–Kier alpha value is -1.75. The Morgan fingerprint density at radius 3 is 2.57 bits per heavy atom. The average Bonchev–Trinajstić information content (AvgIpc) is 2.82. The van der Waals surface area contributed by atoms with Crippen LogP contribution in [0.4, 0.5) is 0 Å². The molecule has 2 aromatic rings. The Kier molecular flexibility index (Phi) is 5.07. The minimum atomic E-state index is 0.0324. The first kappa shape index (κ1) is 15.6. The highest BCUT2D eigenvalue weighted by atomic mass is 32.2. The van der Waals surface area contributed by atoms with Crippen molar-refractivity contribution >= 4 is 17.7 Å². The van der Waals surface area contributed by atoms with Gasteiger partial charge in [0.25, 0.3) is 0 Å². The van der Waals surface area contributed by atoms with Gasteiger partial charge in [-0.3, -0.25) is 9.36 Å². The summed E-state index contributed by atoms with van der Waals surface area (Å²) in [5.41, 5.74) is 3.51. The topological polar surface area (TPSA) is 46.9 Å². The summed E-state index contributed by atoms with van der Waals surface area (Å²) in [6, 6.07) is 6.54. The molecule has 1 aromatic heterocycles. The standard InChI is InChI=1S/C16H21N3OS/c1-11(2)18-15(20)10-21-16-17-5-6-19(16)14-8-12(3)7-13(4)9-14/h5-9,11H,10H2,1-4H3,(H,18,20). The summed E-state index contributed by atoms with van der Waals surface area (Å²) in [7, 11) is 0. The SMILES string of the molecule is Cc1cc(C)cc(-n2ccnc2SCC(=O)NC(C)C)c1. The van der Waals surface area contributed by atoms with Crippen molar-refractivity contribution in [2.75, 3.05) is 5.75 Å². The van der Waals surface area contributed by atoms with Crippen LogP contribution in [-0.2, 0) is 4.79 Å². The highest BCUT2D eigenvalue weighted by molar-refractivity contribution is 7.99. The number of carbonyl (C=O) groups is 1. The molecule has 0 aliphatic carbocycles. The van der Waals surface area contributed by atoms with Crippen molar-refractivity contribution in [1.82, 2.24) is 14.9 Å². The molecule has 0 saturated carbocycles. The molecule has 0 fully saturated rings. The normalized spacial score (nSPS) is 10.9. The number of aryl methyl sites for hydroxylation is 2. The van der Waals surface area contributed by atoms with E-state index in [9.17, 15) is 4.79 Å². The third kappa shape index (κ3) is 4.36. The lowest BCUT2D eigenvalue weighted by Gasteiger charge is -2.10. The van der Waals surface area contributed by atoms with Gasteiger partial charge >= 0.3 is 0 Å². The number of carbonyl (C=O) groups excluding carboxylic acids is 1. The summed E-state index contributed by atoms with van der Waals surface area (Å²) in [6.45, 7) is 8.07. The molecular formula is C16H21N3OS. The monoisotopic (exact) mass is 303 g/mol. The van der Waals surface area contributed by atoms with Gasteiger partial charge < -0.3 is 5.32 Å². The van der Waals surface area contributed by atoms with E-state index in [1.807, 2.05) is 24.6 Å². The van der Waals surface area contributed by atoms with E-state index in [4.69, 9.17) is 0 Å². The minimum absolute atomic E-state index is 0.0324. The largest absolute Gasteiger partial charge is 0.353 e. The molecule has 112 valence electrons. The first-order valence-electron chi connectivity index (χ1n) is 7.00. The molecule has 0 atom stereocenters. The molecule has 0 bridgehead atoms. The van der Waals surface area contributed by atoms with Gasteiger partial charge in [-0.25, -0.2) is 4.98 Å². The molecule has 1 heterocycles. The number of benzene rings is 1. The van der Waals surface area contributed by atoms with Crippen LogP contribution in [0.15, 0.2) is 35.7 Å². The predicted molar refractivity (Wildman–Crippen MR) is 87.0 cm³/mol. The van der Waals surface area contributed by atoms with Crippen molar-refractivity contribution in [3.63, 3.8) is 0 Å². The second-order valence-electron chi connectivity index (χ2n) is 5.44. The number of hydrogen-bond donors (Lipinski definition) is 1. The number of nitrogens with one attached hydrogen (secondary N) is 1. The number of imidazole rings is 1. The van der Waals surface area contributed by atoms with E-state index in [1.54, 1.807) is 6.20 Å². The van der Waals surface area contributed by atoms with Gasteiger partial charge in [-0.2, -0.15) is 0 Å². The number of rotatable bonds is 5. The average molecular weight is 303 g/mol. The number of nitrogens with zero attached hydrogens (tertiary/aromatic N) is 2. The smallest absolute Gasteiger partial charge is 0.230 e. The molecule has 0 aliphatic heterocycles. The Morgan fingerprint density at radius 2 is 1.95 bits per heavy atom. The number of thioether (sulfide) groups is 1. The molecule has 0 radical (unpaired) electrons. The maximum atomic E-state index is 11.7. The first-order valence-corrected chi connectivity index (χ1v) is 7.98. The van der Waals surface area contributed by atoms with Crippen LogP contribution in [0.2, 0.25) is 0 Å². The van der Waals surface area contributed by atoms with Gasteiger partial charge in [0, 0.05) is 24.1 Å². The molecule has 1 aromatic carbocycles. The van der Waals surface area contributed by atoms with Gasteiger partial charge in [-0.15, -0.1) is 0 Å². The highest BCUT2D eigenvalue weighted by Gasteiger charge is 2.10. The van der Waals surface area contributed by atoms with Crippen LogP contribution >= 0.6 is 11.8 Å². The maximum Gasteiger partial charge on any atom is 0.230 e. The van der Waals surface area contributed by atoms with Crippen LogP contribution in [0.25, 0.3) is 5.69 Å². The van der Waals surface area contributed by atoms with Crippen LogP contribution in [0, 0.1) is 13.8 Å². The zero-order valence-electron chi connectivity index (χ0n) is 12.9. The van der Waals surface area contributed by atoms with Gasteiger partial charge in [0.05, 0.1) is 5.75 Å². The van der Waals surface area contributed by atoms with Crippen LogP contribution in [0.3, 0.4) is 0 Å². The summed E-state index contributed by atoms with van der Waals surface area (Å²) in [5.74, 6) is 0.407. The molecule has 0 saturated heterocycles. The molecule has 4 nitrogen and oxygen atoms in total. The number of amides is 1. The molecule has 0 spiro atoms. The van der Waals surface area contributed by atoms with Crippen LogP contribution in [-0.4, -0.2) is 27.3 Å². The summed E-state index contributed by atoms with van der Waals surface area (Å²) < 4.78 is 2.02. The van der Waals surface area contributed by atoms with E-state index < -0.39 is 0 Å². The van der Waals surface area contributed by atoms with E-state index in [1.165, 1.54) is 22.9 Å². The Labute approximate surface area is 130 Å². The lowest BCUT2D eigenvalue weighted by Crippen LogP contribution is -2.31. The molecule has 1 amide bonds. The Bertz CT molecular complexity index is 614. The zero-order valence-corrected chi connectivity index (χ0v) is 13.7. The van der Waals surface area contributed by atoms with Crippen LogP contribution < -0.4 is 5.32 Å². The summed E-state index contributed by atoms with van der Waals surface area (Å²) in [5, 5.41) is 3.72. The minimum Gasteiger partial charge on any atom is -0.353 e. The van der Waals surface area contributed by atoms with Gasteiger partial charge in [0.15, 0.2) is 5.16 Å². The predicted octanol–water partition coefficient (Wildman–Crippen LogP) is 3.11. The number of hydrogen-bond acceptors (Lipinski definition) is 3. The summed E-state index contributed by atoms with van der Waals surface area (Å²) in [4.78, 5) is 16.1. The molecule has 0 unspecified atom stereocenters. The fraction of sp³-hybridized carbons (Fsp3) is 0.375. The van der Waals surface area contributed by atoms with Crippen LogP contribution in [0.1, 0.15) is 25.0 Å². The van der Waals surface area contributed by atoms with Crippen LogP contribution in [0.5, 0.6) is 0 Å². The van der Waals surface area contributed by atoms with E-state index >= 15 is 0 Å². The summed E-state index contributed by atoms with van der Waals surface area (Å²) in [6.07, 6.45) is 3.69. The quantitative estimate of drug-likeness (QED) is 0.863. The summed E-state index contributed by atoms with van der Waals surface area (Å²) >= 11 is 1.45.